The highest BCUT2D eigenvalue weighted by atomic mass is 19.4. The molecule has 0 aliphatic carbocycles. The third-order valence-corrected chi connectivity index (χ3v) is 3.51. The standard InChI is InChI=1S/C16H25F3N2/c1-5-6-21(10-16(17,18)19)9-14(20)15-12(3)7-11(2)8-13(15)4/h7-8,14H,5-6,9-10,20H2,1-4H3. The molecule has 0 aromatic heterocycles. The highest BCUT2D eigenvalue weighted by Gasteiger charge is 2.31. The summed E-state index contributed by atoms with van der Waals surface area (Å²) in [7, 11) is 0. The van der Waals surface area contributed by atoms with Crippen molar-refractivity contribution < 1.29 is 13.2 Å². The highest BCUT2D eigenvalue weighted by Crippen LogP contribution is 2.24. The molecule has 1 rings (SSSR count). The second-order valence-corrected chi connectivity index (χ2v) is 5.77. The molecule has 0 aliphatic rings. The first-order valence-corrected chi connectivity index (χ1v) is 7.26. The minimum absolute atomic E-state index is 0.220. The molecule has 1 aromatic rings. The van der Waals surface area contributed by atoms with Gasteiger partial charge >= 0.3 is 6.18 Å². The van der Waals surface area contributed by atoms with Crippen LogP contribution in [0, 0.1) is 20.8 Å². The van der Waals surface area contributed by atoms with E-state index in [4.69, 9.17) is 5.73 Å². The summed E-state index contributed by atoms with van der Waals surface area (Å²) in [5.74, 6) is 0. The van der Waals surface area contributed by atoms with Crippen molar-refractivity contribution in [1.82, 2.24) is 4.90 Å². The molecule has 0 saturated carbocycles. The van der Waals surface area contributed by atoms with Crippen LogP contribution in [0.1, 0.15) is 41.6 Å². The zero-order valence-corrected chi connectivity index (χ0v) is 13.2. The van der Waals surface area contributed by atoms with E-state index in [1.807, 2.05) is 39.8 Å². The van der Waals surface area contributed by atoms with Crippen molar-refractivity contribution >= 4 is 0 Å². The maximum Gasteiger partial charge on any atom is 0.401 e. The zero-order valence-electron chi connectivity index (χ0n) is 13.2. The molecule has 21 heavy (non-hydrogen) atoms. The number of alkyl halides is 3. The zero-order chi connectivity index (χ0) is 16.2. The number of nitrogens with two attached hydrogens (primary N) is 1. The molecule has 1 unspecified atom stereocenters. The van der Waals surface area contributed by atoms with Crippen LogP contribution in [0.2, 0.25) is 0 Å². The van der Waals surface area contributed by atoms with Gasteiger partial charge in [-0.05, 0) is 50.4 Å². The minimum atomic E-state index is -4.19. The Hall–Kier alpha value is -1.07. The van der Waals surface area contributed by atoms with E-state index in [0.29, 0.717) is 13.0 Å². The number of hydrogen-bond acceptors (Lipinski definition) is 2. The Kier molecular flexibility index (Phi) is 6.23. The maximum absolute atomic E-state index is 12.6. The van der Waals surface area contributed by atoms with Crippen molar-refractivity contribution in [3.8, 4) is 0 Å². The van der Waals surface area contributed by atoms with Crippen molar-refractivity contribution in [3.63, 3.8) is 0 Å². The predicted molar refractivity (Wildman–Crippen MR) is 80.4 cm³/mol. The van der Waals surface area contributed by atoms with Crippen LogP contribution in [0.3, 0.4) is 0 Å². The van der Waals surface area contributed by atoms with E-state index in [1.54, 1.807) is 0 Å². The number of hydrogen-bond donors (Lipinski definition) is 1. The molecule has 1 atom stereocenters. The van der Waals surface area contributed by atoms with Gasteiger partial charge in [-0.15, -0.1) is 0 Å². The number of benzene rings is 1. The molecule has 0 spiro atoms. The first-order valence-electron chi connectivity index (χ1n) is 7.26. The third-order valence-electron chi connectivity index (χ3n) is 3.51. The molecule has 5 heteroatoms. The van der Waals surface area contributed by atoms with Gasteiger partial charge in [0.2, 0.25) is 0 Å². The SMILES string of the molecule is CCCN(CC(N)c1c(C)cc(C)cc1C)CC(F)(F)F. The lowest BCUT2D eigenvalue weighted by Gasteiger charge is -2.28. The van der Waals surface area contributed by atoms with Crippen molar-refractivity contribution in [2.24, 2.45) is 5.73 Å². The molecular weight excluding hydrogens is 277 g/mol. The smallest absolute Gasteiger partial charge is 0.323 e. The van der Waals surface area contributed by atoms with Crippen LogP contribution in [-0.2, 0) is 0 Å². The molecule has 0 fully saturated rings. The molecule has 0 saturated heterocycles. The molecule has 2 N–H and O–H groups in total. The van der Waals surface area contributed by atoms with E-state index < -0.39 is 18.8 Å². The van der Waals surface area contributed by atoms with E-state index in [2.05, 4.69) is 0 Å². The summed E-state index contributed by atoms with van der Waals surface area (Å²) in [6, 6.07) is 3.64. The van der Waals surface area contributed by atoms with Gasteiger partial charge in [-0.2, -0.15) is 13.2 Å². The summed E-state index contributed by atoms with van der Waals surface area (Å²) in [5.41, 5.74) is 10.4. The Balaban J connectivity index is 2.89. The molecule has 0 radical (unpaired) electrons. The Morgan fingerprint density at radius 2 is 1.67 bits per heavy atom. The second-order valence-electron chi connectivity index (χ2n) is 5.77. The molecule has 2 nitrogen and oxygen atoms in total. The van der Waals surface area contributed by atoms with E-state index in [-0.39, 0.29) is 6.54 Å². The van der Waals surface area contributed by atoms with E-state index >= 15 is 0 Å². The van der Waals surface area contributed by atoms with Crippen LogP contribution >= 0.6 is 0 Å². The van der Waals surface area contributed by atoms with Gasteiger partial charge in [0.05, 0.1) is 6.54 Å². The molecule has 1 aromatic carbocycles. The fraction of sp³-hybridized carbons (Fsp3) is 0.625. The van der Waals surface area contributed by atoms with E-state index in [0.717, 1.165) is 22.3 Å². The number of rotatable bonds is 6. The first kappa shape index (κ1) is 18.0. The summed E-state index contributed by atoms with van der Waals surface area (Å²) in [5, 5.41) is 0. The second kappa shape index (κ2) is 7.27. The Labute approximate surface area is 125 Å². The molecule has 0 amide bonds. The average Bonchev–Trinajstić information content (AvgIpc) is 2.24. The van der Waals surface area contributed by atoms with Gasteiger partial charge in [-0.3, -0.25) is 4.90 Å². The summed E-state index contributed by atoms with van der Waals surface area (Å²) < 4.78 is 37.8. The highest BCUT2D eigenvalue weighted by molar-refractivity contribution is 5.39. The maximum atomic E-state index is 12.6. The monoisotopic (exact) mass is 302 g/mol. The summed E-state index contributed by atoms with van der Waals surface area (Å²) in [4.78, 5) is 1.39. The van der Waals surface area contributed by atoms with E-state index in [1.165, 1.54) is 4.90 Å². The first-order chi connectivity index (χ1) is 9.64. The van der Waals surface area contributed by atoms with Gasteiger partial charge in [-0.25, -0.2) is 0 Å². The fourth-order valence-electron chi connectivity index (χ4n) is 2.95. The number of halogens is 3. The third kappa shape index (κ3) is 5.67. The van der Waals surface area contributed by atoms with Crippen LogP contribution in [0.5, 0.6) is 0 Å². The topological polar surface area (TPSA) is 29.3 Å². The Morgan fingerprint density at radius 3 is 2.10 bits per heavy atom. The van der Waals surface area contributed by atoms with Crippen LogP contribution in [0.4, 0.5) is 13.2 Å². The largest absolute Gasteiger partial charge is 0.401 e. The minimum Gasteiger partial charge on any atom is -0.323 e. The molecule has 0 aliphatic heterocycles. The molecule has 120 valence electrons. The number of nitrogens with zero attached hydrogens (tertiary/aromatic N) is 1. The average molecular weight is 302 g/mol. The summed E-state index contributed by atoms with van der Waals surface area (Å²) >= 11 is 0. The molecule has 0 bridgehead atoms. The molecular formula is C16H25F3N2. The van der Waals surface area contributed by atoms with Crippen LogP contribution < -0.4 is 5.73 Å². The van der Waals surface area contributed by atoms with Crippen LogP contribution in [-0.4, -0.2) is 30.7 Å². The lowest BCUT2D eigenvalue weighted by Crippen LogP contribution is -2.39. The Morgan fingerprint density at radius 1 is 1.14 bits per heavy atom. The summed E-state index contributed by atoms with van der Waals surface area (Å²) in [6.07, 6.45) is -3.51. The molecule has 0 heterocycles. The van der Waals surface area contributed by atoms with Gasteiger partial charge in [0.1, 0.15) is 0 Å². The summed E-state index contributed by atoms with van der Waals surface area (Å²) in [6.45, 7) is 7.51. The van der Waals surface area contributed by atoms with Gasteiger partial charge in [-0.1, -0.05) is 24.6 Å². The van der Waals surface area contributed by atoms with Crippen molar-refractivity contribution in [3.05, 3.63) is 34.4 Å². The van der Waals surface area contributed by atoms with Gasteiger partial charge < -0.3 is 5.73 Å². The van der Waals surface area contributed by atoms with Gasteiger partial charge in [0, 0.05) is 12.6 Å². The van der Waals surface area contributed by atoms with Gasteiger partial charge in [0.15, 0.2) is 0 Å². The predicted octanol–water partition coefficient (Wildman–Crippen LogP) is 3.89. The van der Waals surface area contributed by atoms with Gasteiger partial charge in [0.25, 0.3) is 0 Å². The lowest BCUT2D eigenvalue weighted by atomic mass is 9.94. The van der Waals surface area contributed by atoms with Crippen molar-refractivity contribution in [2.45, 2.75) is 46.3 Å². The van der Waals surface area contributed by atoms with Crippen LogP contribution in [0.15, 0.2) is 12.1 Å². The van der Waals surface area contributed by atoms with E-state index in [9.17, 15) is 13.2 Å². The number of aryl methyl sites for hydroxylation is 3. The lowest BCUT2D eigenvalue weighted by molar-refractivity contribution is -0.146. The normalized spacial score (nSPS) is 13.8. The Bertz CT molecular complexity index is 446. The quantitative estimate of drug-likeness (QED) is 0.864. The van der Waals surface area contributed by atoms with Crippen molar-refractivity contribution in [2.75, 3.05) is 19.6 Å². The van der Waals surface area contributed by atoms with Crippen molar-refractivity contribution in [1.29, 1.82) is 0 Å². The van der Waals surface area contributed by atoms with Crippen LogP contribution in [0.25, 0.3) is 0 Å². The fourth-order valence-corrected chi connectivity index (χ4v) is 2.95.